The van der Waals surface area contributed by atoms with Gasteiger partial charge >= 0.3 is 0 Å². The van der Waals surface area contributed by atoms with Crippen molar-refractivity contribution in [2.24, 2.45) is 0 Å². The van der Waals surface area contributed by atoms with E-state index in [1.807, 2.05) is 32.0 Å². The molecule has 0 atom stereocenters. The summed E-state index contributed by atoms with van der Waals surface area (Å²) in [7, 11) is 0. The fourth-order valence-corrected chi connectivity index (χ4v) is 1.80. The van der Waals surface area contributed by atoms with E-state index in [0.29, 0.717) is 11.3 Å². The molecule has 0 aromatic heterocycles. The molecule has 2 rings (SSSR count). The second kappa shape index (κ2) is 5.61. The van der Waals surface area contributed by atoms with Gasteiger partial charge in [-0.05, 0) is 43.2 Å². The van der Waals surface area contributed by atoms with Crippen molar-refractivity contribution in [3.8, 4) is 5.75 Å². The van der Waals surface area contributed by atoms with Gasteiger partial charge in [0.25, 0.3) is 5.69 Å². The minimum Gasteiger partial charge on any atom is -0.489 e. The Hall–Kier alpha value is -2.56. The number of nitrogens with zero attached hydrogens (tertiary/aromatic N) is 1. The number of nitro benzene ring substituents is 1. The van der Waals surface area contributed by atoms with Crippen LogP contribution in [-0.4, -0.2) is 4.92 Å². The van der Waals surface area contributed by atoms with Gasteiger partial charge in [-0.1, -0.05) is 6.07 Å². The number of non-ortho nitro benzene ring substituents is 1. The van der Waals surface area contributed by atoms with Crippen LogP contribution in [0.15, 0.2) is 36.4 Å². The quantitative estimate of drug-likeness (QED) is 0.525. The van der Waals surface area contributed by atoms with Gasteiger partial charge in [0, 0.05) is 23.4 Å². The molecule has 0 radical (unpaired) electrons. The summed E-state index contributed by atoms with van der Waals surface area (Å²) in [6, 6.07) is 10.1. The number of nitro groups is 1. The maximum atomic E-state index is 10.7. The van der Waals surface area contributed by atoms with Gasteiger partial charge in [-0.25, -0.2) is 0 Å². The van der Waals surface area contributed by atoms with E-state index in [-0.39, 0.29) is 12.3 Å². The molecule has 2 aromatic carbocycles. The van der Waals surface area contributed by atoms with Crippen LogP contribution < -0.4 is 10.5 Å². The number of hydrogen-bond donors (Lipinski definition) is 1. The fraction of sp³-hybridized carbons (Fsp3) is 0.200. The average molecular weight is 272 g/mol. The van der Waals surface area contributed by atoms with Crippen molar-refractivity contribution in [3.05, 3.63) is 63.2 Å². The van der Waals surface area contributed by atoms with Gasteiger partial charge in [-0.15, -0.1) is 0 Å². The van der Waals surface area contributed by atoms with Gasteiger partial charge in [0.15, 0.2) is 0 Å². The maximum absolute atomic E-state index is 10.7. The Morgan fingerprint density at radius 1 is 1.15 bits per heavy atom. The average Bonchev–Trinajstić information content (AvgIpc) is 2.41. The van der Waals surface area contributed by atoms with Gasteiger partial charge in [0.05, 0.1) is 4.92 Å². The number of nitrogen functional groups attached to an aromatic ring is 1. The molecule has 0 saturated carbocycles. The Labute approximate surface area is 117 Å². The first-order valence-electron chi connectivity index (χ1n) is 6.20. The number of rotatable bonds is 4. The van der Waals surface area contributed by atoms with Crippen LogP contribution in [0.1, 0.15) is 16.7 Å². The highest BCUT2D eigenvalue weighted by Crippen LogP contribution is 2.22. The van der Waals surface area contributed by atoms with Crippen molar-refractivity contribution in [2.75, 3.05) is 5.73 Å². The van der Waals surface area contributed by atoms with Crippen LogP contribution in [0.2, 0.25) is 0 Å². The zero-order valence-corrected chi connectivity index (χ0v) is 11.4. The van der Waals surface area contributed by atoms with Gasteiger partial charge in [-0.2, -0.15) is 0 Å². The number of hydrogen-bond acceptors (Lipinski definition) is 4. The number of aryl methyl sites for hydroxylation is 2. The lowest BCUT2D eigenvalue weighted by molar-refractivity contribution is -0.384. The molecule has 0 spiro atoms. The van der Waals surface area contributed by atoms with Crippen molar-refractivity contribution in [2.45, 2.75) is 20.5 Å². The summed E-state index contributed by atoms with van der Waals surface area (Å²) < 4.78 is 5.64. The largest absolute Gasteiger partial charge is 0.489 e. The van der Waals surface area contributed by atoms with E-state index in [4.69, 9.17) is 10.5 Å². The normalized spacial score (nSPS) is 10.3. The number of anilines is 1. The Kier molecular flexibility index (Phi) is 3.89. The van der Waals surface area contributed by atoms with Crippen LogP contribution in [0.25, 0.3) is 0 Å². The third kappa shape index (κ3) is 3.06. The van der Waals surface area contributed by atoms with Crippen LogP contribution in [-0.2, 0) is 6.61 Å². The lowest BCUT2D eigenvalue weighted by atomic mass is 10.1. The molecule has 5 nitrogen and oxygen atoms in total. The van der Waals surface area contributed by atoms with E-state index in [0.717, 1.165) is 11.3 Å². The maximum Gasteiger partial charge on any atom is 0.269 e. The Morgan fingerprint density at radius 2 is 1.90 bits per heavy atom. The first kappa shape index (κ1) is 13.9. The molecule has 0 heterocycles. The Morgan fingerprint density at radius 3 is 2.55 bits per heavy atom. The van der Waals surface area contributed by atoms with Crippen LogP contribution >= 0.6 is 0 Å². The first-order valence-corrected chi connectivity index (χ1v) is 6.20. The minimum atomic E-state index is -0.445. The fourth-order valence-electron chi connectivity index (χ4n) is 1.80. The third-order valence-electron chi connectivity index (χ3n) is 3.21. The van der Waals surface area contributed by atoms with Gasteiger partial charge in [-0.3, -0.25) is 10.1 Å². The topological polar surface area (TPSA) is 78.4 Å². The van der Waals surface area contributed by atoms with E-state index < -0.39 is 4.92 Å². The molecule has 0 saturated heterocycles. The van der Waals surface area contributed by atoms with Crippen molar-refractivity contribution < 1.29 is 9.66 Å². The molecule has 104 valence electrons. The van der Waals surface area contributed by atoms with Gasteiger partial charge in [0.2, 0.25) is 0 Å². The van der Waals surface area contributed by atoms with E-state index in [2.05, 4.69) is 0 Å². The van der Waals surface area contributed by atoms with E-state index in [1.54, 1.807) is 0 Å². The van der Waals surface area contributed by atoms with Crippen LogP contribution in [0.3, 0.4) is 0 Å². The molecule has 0 aliphatic carbocycles. The zero-order chi connectivity index (χ0) is 14.7. The minimum absolute atomic E-state index is 0.0119. The summed E-state index contributed by atoms with van der Waals surface area (Å²) in [6.45, 7) is 4.23. The number of ether oxygens (including phenoxy) is 1. The molecule has 0 aliphatic heterocycles. The lowest BCUT2D eigenvalue weighted by Gasteiger charge is -2.10. The van der Waals surface area contributed by atoms with E-state index in [1.165, 1.54) is 23.8 Å². The molecule has 0 amide bonds. The van der Waals surface area contributed by atoms with E-state index >= 15 is 0 Å². The SMILES string of the molecule is Cc1ccc(OCc2cc([N+](=O)[O-])ccc2N)cc1C. The predicted molar refractivity (Wildman–Crippen MR) is 77.8 cm³/mol. The summed E-state index contributed by atoms with van der Waals surface area (Å²) in [5, 5.41) is 10.7. The molecule has 2 aromatic rings. The van der Waals surface area contributed by atoms with Gasteiger partial charge in [0.1, 0.15) is 12.4 Å². The van der Waals surface area contributed by atoms with Crippen molar-refractivity contribution in [1.82, 2.24) is 0 Å². The van der Waals surface area contributed by atoms with Crippen molar-refractivity contribution >= 4 is 11.4 Å². The number of benzene rings is 2. The Bertz CT molecular complexity index is 654. The van der Waals surface area contributed by atoms with Crippen LogP contribution in [0.5, 0.6) is 5.75 Å². The van der Waals surface area contributed by atoms with Crippen LogP contribution in [0.4, 0.5) is 11.4 Å². The van der Waals surface area contributed by atoms with Crippen LogP contribution in [0, 0.1) is 24.0 Å². The Balaban J connectivity index is 2.15. The second-order valence-corrected chi connectivity index (χ2v) is 4.67. The summed E-state index contributed by atoms with van der Waals surface area (Å²) >= 11 is 0. The zero-order valence-electron chi connectivity index (χ0n) is 11.4. The smallest absolute Gasteiger partial charge is 0.269 e. The summed E-state index contributed by atoms with van der Waals surface area (Å²) in [4.78, 5) is 10.3. The van der Waals surface area contributed by atoms with Crippen molar-refractivity contribution in [3.63, 3.8) is 0 Å². The molecule has 0 unspecified atom stereocenters. The molecule has 2 N–H and O–H groups in total. The molecule has 5 heteroatoms. The van der Waals surface area contributed by atoms with E-state index in [9.17, 15) is 10.1 Å². The lowest BCUT2D eigenvalue weighted by Crippen LogP contribution is -2.02. The molecule has 0 fully saturated rings. The highest BCUT2D eigenvalue weighted by atomic mass is 16.6. The second-order valence-electron chi connectivity index (χ2n) is 4.67. The molecular weight excluding hydrogens is 256 g/mol. The van der Waals surface area contributed by atoms with Crippen molar-refractivity contribution in [1.29, 1.82) is 0 Å². The number of nitrogens with two attached hydrogens (primary N) is 1. The summed E-state index contributed by atoms with van der Waals surface area (Å²) in [5.74, 6) is 0.721. The standard InChI is InChI=1S/C15H16N2O3/c1-10-3-5-14(7-11(10)2)20-9-12-8-13(17(18)19)4-6-15(12)16/h3-8H,9,16H2,1-2H3. The summed E-state index contributed by atoms with van der Waals surface area (Å²) in [5.41, 5.74) is 9.23. The molecule has 0 aliphatic rings. The summed E-state index contributed by atoms with van der Waals surface area (Å²) in [6.07, 6.45) is 0. The predicted octanol–water partition coefficient (Wildman–Crippen LogP) is 3.37. The first-order chi connectivity index (χ1) is 9.47. The highest BCUT2D eigenvalue weighted by Gasteiger charge is 2.09. The molecule has 20 heavy (non-hydrogen) atoms. The highest BCUT2D eigenvalue weighted by molar-refractivity contribution is 5.52. The van der Waals surface area contributed by atoms with Gasteiger partial charge < -0.3 is 10.5 Å². The third-order valence-corrected chi connectivity index (χ3v) is 3.21. The molecular formula is C15H16N2O3. The molecule has 0 bridgehead atoms. The monoisotopic (exact) mass is 272 g/mol.